The van der Waals surface area contributed by atoms with Gasteiger partial charge < -0.3 is 25.2 Å². The van der Waals surface area contributed by atoms with Crippen LogP contribution in [0, 0.1) is 0 Å². The van der Waals surface area contributed by atoms with Gasteiger partial charge in [-0.15, -0.1) is 0 Å². The summed E-state index contributed by atoms with van der Waals surface area (Å²) in [4.78, 5) is 40.2. The van der Waals surface area contributed by atoms with Crippen LogP contribution in [-0.2, 0) is 14.3 Å². The third kappa shape index (κ3) is 4.81. The quantitative estimate of drug-likeness (QED) is 0.512. The van der Waals surface area contributed by atoms with E-state index in [0.717, 1.165) is 22.6 Å². The first-order valence-corrected chi connectivity index (χ1v) is 10.3. The minimum atomic E-state index is -0.456. The number of carbonyl (C=O) groups is 3. The number of likely N-dealkylation sites (N-methyl/N-ethyl adjacent to an activating group) is 2. The van der Waals surface area contributed by atoms with Gasteiger partial charge in [-0.25, -0.2) is 4.79 Å². The van der Waals surface area contributed by atoms with Crippen LogP contribution < -0.4 is 15.5 Å². The molecule has 0 aliphatic carbocycles. The molecule has 2 N–H and O–H groups in total. The SMILES string of the molecule is CC/C(Nc1ccc(N(C)C(=O)CN(C)C)cc1)=C1/C(=O)Nc2cc(C(=O)OC)ccc21. The van der Waals surface area contributed by atoms with Gasteiger partial charge in [0.15, 0.2) is 0 Å². The fourth-order valence-electron chi connectivity index (χ4n) is 3.51. The Labute approximate surface area is 187 Å². The molecule has 1 heterocycles. The van der Waals surface area contributed by atoms with Crippen molar-refractivity contribution in [2.45, 2.75) is 13.3 Å². The molecule has 32 heavy (non-hydrogen) atoms. The fraction of sp³-hybridized carbons (Fsp3) is 0.292. The van der Waals surface area contributed by atoms with E-state index >= 15 is 0 Å². The Morgan fingerprint density at radius 1 is 1.06 bits per heavy atom. The maximum atomic E-state index is 12.7. The van der Waals surface area contributed by atoms with Gasteiger partial charge in [-0.05, 0) is 56.9 Å². The second kappa shape index (κ2) is 9.65. The summed E-state index contributed by atoms with van der Waals surface area (Å²) >= 11 is 0. The van der Waals surface area contributed by atoms with Gasteiger partial charge in [0.2, 0.25) is 5.91 Å². The molecule has 2 aromatic carbocycles. The van der Waals surface area contributed by atoms with Crippen molar-refractivity contribution in [3.05, 3.63) is 59.3 Å². The van der Waals surface area contributed by atoms with Crippen molar-refractivity contribution in [1.29, 1.82) is 0 Å². The average Bonchev–Trinajstić information content (AvgIpc) is 3.11. The second-order valence-corrected chi connectivity index (χ2v) is 7.78. The number of hydrogen-bond acceptors (Lipinski definition) is 6. The van der Waals surface area contributed by atoms with Crippen LogP contribution in [0.15, 0.2) is 48.2 Å². The molecule has 1 aliphatic heterocycles. The Kier molecular flexibility index (Phi) is 6.95. The molecule has 168 valence electrons. The number of carbonyl (C=O) groups excluding carboxylic acids is 3. The lowest BCUT2D eigenvalue weighted by molar-refractivity contribution is -0.119. The zero-order chi connectivity index (χ0) is 23.4. The number of nitrogens with one attached hydrogen (secondary N) is 2. The first-order valence-electron chi connectivity index (χ1n) is 10.3. The van der Waals surface area contributed by atoms with Crippen molar-refractivity contribution in [3.63, 3.8) is 0 Å². The summed E-state index contributed by atoms with van der Waals surface area (Å²) in [6.07, 6.45) is 0.601. The minimum Gasteiger partial charge on any atom is -0.465 e. The number of hydrogen-bond donors (Lipinski definition) is 2. The lowest BCUT2D eigenvalue weighted by Gasteiger charge is -2.20. The van der Waals surface area contributed by atoms with Crippen LogP contribution in [0.25, 0.3) is 5.57 Å². The standard InChI is InChI=1S/C24H28N4O4/c1-6-19(22-18-12-7-15(24(31)32-5)13-20(18)26-23(22)30)25-16-8-10-17(11-9-16)28(4)21(29)14-27(2)3/h7-13,25H,6,14H2,1-5H3,(H,26,30)/b22-19-. The number of benzene rings is 2. The summed E-state index contributed by atoms with van der Waals surface area (Å²) in [5.74, 6) is -0.683. The van der Waals surface area contributed by atoms with E-state index in [9.17, 15) is 14.4 Å². The summed E-state index contributed by atoms with van der Waals surface area (Å²) in [5, 5.41) is 6.16. The van der Waals surface area contributed by atoms with Crippen molar-refractivity contribution in [2.24, 2.45) is 0 Å². The van der Waals surface area contributed by atoms with Crippen molar-refractivity contribution >= 4 is 40.4 Å². The molecule has 1 aliphatic rings. The number of fused-ring (bicyclic) bond motifs is 1. The third-order valence-electron chi connectivity index (χ3n) is 5.22. The molecule has 0 aromatic heterocycles. The maximum absolute atomic E-state index is 12.7. The largest absolute Gasteiger partial charge is 0.465 e. The van der Waals surface area contributed by atoms with E-state index in [-0.39, 0.29) is 11.8 Å². The van der Waals surface area contributed by atoms with Gasteiger partial charge in [-0.1, -0.05) is 13.0 Å². The van der Waals surface area contributed by atoms with Gasteiger partial charge in [-0.3, -0.25) is 9.59 Å². The van der Waals surface area contributed by atoms with Gasteiger partial charge in [0.1, 0.15) is 0 Å². The van der Waals surface area contributed by atoms with E-state index in [1.807, 2.05) is 50.2 Å². The van der Waals surface area contributed by atoms with Gasteiger partial charge in [-0.2, -0.15) is 0 Å². The Balaban J connectivity index is 1.85. The summed E-state index contributed by atoms with van der Waals surface area (Å²) in [6.45, 7) is 2.29. The van der Waals surface area contributed by atoms with Crippen LogP contribution in [-0.4, -0.2) is 57.5 Å². The second-order valence-electron chi connectivity index (χ2n) is 7.78. The van der Waals surface area contributed by atoms with Crippen LogP contribution in [0.2, 0.25) is 0 Å². The van der Waals surface area contributed by atoms with Crippen LogP contribution in [0.1, 0.15) is 29.3 Å². The van der Waals surface area contributed by atoms with E-state index in [2.05, 4.69) is 10.6 Å². The Morgan fingerprint density at radius 2 is 1.75 bits per heavy atom. The predicted octanol–water partition coefficient (Wildman–Crippen LogP) is 3.18. The zero-order valence-electron chi connectivity index (χ0n) is 19.0. The van der Waals surface area contributed by atoms with Gasteiger partial charge in [0.05, 0.1) is 30.5 Å². The topological polar surface area (TPSA) is 91.0 Å². The molecule has 2 aromatic rings. The lowest BCUT2D eigenvalue weighted by Crippen LogP contribution is -2.34. The van der Waals surface area contributed by atoms with E-state index in [0.29, 0.717) is 29.8 Å². The molecule has 8 heteroatoms. The number of ether oxygens (including phenoxy) is 1. The molecule has 0 bridgehead atoms. The molecular formula is C24H28N4O4. The predicted molar refractivity (Wildman–Crippen MR) is 126 cm³/mol. The van der Waals surface area contributed by atoms with E-state index in [1.165, 1.54) is 7.11 Å². The van der Waals surface area contributed by atoms with Crippen LogP contribution in [0.5, 0.6) is 0 Å². The normalized spacial score (nSPS) is 14.0. The average molecular weight is 437 g/mol. The van der Waals surface area contributed by atoms with Crippen LogP contribution >= 0.6 is 0 Å². The highest BCUT2D eigenvalue weighted by Crippen LogP contribution is 2.36. The summed E-state index contributed by atoms with van der Waals surface area (Å²) in [7, 11) is 6.77. The molecule has 0 saturated heterocycles. The molecule has 0 atom stereocenters. The van der Waals surface area contributed by atoms with Gasteiger partial charge >= 0.3 is 5.97 Å². The monoisotopic (exact) mass is 436 g/mol. The summed E-state index contributed by atoms with van der Waals surface area (Å²) in [5.41, 5.74) is 4.58. The highest BCUT2D eigenvalue weighted by Gasteiger charge is 2.28. The van der Waals surface area contributed by atoms with Crippen LogP contribution in [0.3, 0.4) is 0 Å². The number of anilines is 3. The molecule has 0 fully saturated rings. The van der Waals surface area contributed by atoms with Crippen molar-refractivity contribution in [2.75, 3.05) is 50.3 Å². The summed E-state index contributed by atoms with van der Waals surface area (Å²) < 4.78 is 4.75. The number of allylic oxidation sites excluding steroid dienone is 1. The van der Waals surface area contributed by atoms with Crippen LogP contribution in [0.4, 0.5) is 17.1 Å². The van der Waals surface area contributed by atoms with Crippen molar-refractivity contribution < 1.29 is 19.1 Å². The number of rotatable bonds is 7. The fourth-order valence-corrected chi connectivity index (χ4v) is 3.51. The molecule has 2 amide bonds. The summed E-state index contributed by atoms with van der Waals surface area (Å²) in [6, 6.07) is 12.5. The maximum Gasteiger partial charge on any atom is 0.337 e. The lowest BCUT2D eigenvalue weighted by atomic mass is 10.0. The third-order valence-corrected chi connectivity index (χ3v) is 5.22. The molecule has 0 radical (unpaired) electrons. The smallest absolute Gasteiger partial charge is 0.337 e. The van der Waals surface area contributed by atoms with Crippen molar-refractivity contribution in [1.82, 2.24) is 4.90 Å². The van der Waals surface area contributed by atoms with Crippen molar-refractivity contribution in [3.8, 4) is 0 Å². The van der Waals surface area contributed by atoms with E-state index in [4.69, 9.17) is 4.74 Å². The Morgan fingerprint density at radius 3 is 2.34 bits per heavy atom. The highest BCUT2D eigenvalue weighted by atomic mass is 16.5. The van der Waals surface area contributed by atoms with Gasteiger partial charge in [0, 0.05) is 29.7 Å². The van der Waals surface area contributed by atoms with E-state index in [1.54, 1.807) is 30.1 Å². The molecule has 3 rings (SSSR count). The molecule has 8 nitrogen and oxygen atoms in total. The van der Waals surface area contributed by atoms with Gasteiger partial charge in [0.25, 0.3) is 5.91 Å². The Hall–Kier alpha value is -3.65. The zero-order valence-corrected chi connectivity index (χ0v) is 19.0. The number of nitrogens with zero attached hydrogens (tertiary/aromatic N) is 2. The molecule has 0 spiro atoms. The first-order chi connectivity index (χ1) is 15.2. The first kappa shape index (κ1) is 23.0. The number of amides is 2. The molecule has 0 saturated carbocycles. The number of esters is 1. The molecule has 0 unspecified atom stereocenters. The van der Waals surface area contributed by atoms with E-state index < -0.39 is 5.97 Å². The highest BCUT2D eigenvalue weighted by molar-refractivity contribution is 6.32. The Bertz CT molecular complexity index is 1070. The minimum absolute atomic E-state index is 0.00219. The number of methoxy groups -OCH3 is 1. The molecular weight excluding hydrogens is 408 g/mol.